The first kappa shape index (κ1) is 9.94. The van der Waals surface area contributed by atoms with Gasteiger partial charge in [-0.15, -0.1) is 0 Å². The van der Waals surface area contributed by atoms with Crippen molar-refractivity contribution in [3.63, 3.8) is 0 Å². The fourth-order valence-electron chi connectivity index (χ4n) is 0.805. The Labute approximate surface area is 77.2 Å². The topological polar surface area (TPSA) is 76.3 Å². The minimum atomic E-state index is -3.63. The second-order valence-corrected chi connectivity index (χ2v) is 4.35. The highest BCUT2D eigenvalue weighted by Gasteiger charge is 2.07. The molecule has 1 aromatic heterocycles. The zero-order valence-corrected chi connectivity index (χ0v) is 8.25. The summed E-state index contributed by atoms with van der Waals surface area (Å²) in [4.78, 5) is 5.71. The van der Waals surface area contributed by atoms with E-state index in [-0.39, 0.29) is 4.90 Å². The minimum Gasteiger partial charge on any atom is -0.363 e. The lowest BCUT2D eigenvalue weighted by molar-refractivity contribution is 0.597. The van der Waals surface area contributed by atoms with Gasteiger partial charge >= 0.3 is 0 Å². The van der Waals surface area contributed by atoms with Crippen LogP contribution >= 0.6 is 0 Å². The van der Waals surface area contributed by atoms with E-state index >= 15 is 0 Å². The number of pyridine rings is 1. The Balaban J connectivity index is 3.08. The number of anilines is 1. The standard InChI is InChI=1S/C7H11N3O2S/c1-10(2)7-4-3-6(5-9-7)13(8,11)12/h3-5H,1-2H3,(H2,8,11,12). The van der Waals surface area contributed by atoms with E-state index in [4.69, 9.17) is 5.14 Å². The molecule has 0 saturated carbocycles. The van der Waals surface area contributed by atoms with E-state index in [9.17, 15) is 8.42 Å². The predicted octanol–water partition coefficient (Wildman–Crippen LogP) is -0.205. The van der Waals surface area contributed by atoms with Crippen molar-refractivity contribution in [1.29, 1.82) is 0 Å². The fraction of sp³-hybridized carbons (Fsp3) is 0.286. The Bertz CT molecular complexity index is 383. The maximum absolute atomic E-state index is 10.8. The molecule has 0 fully saturated rings. The summed E-state index contributed by atoms with van der Waals surface area (Å²) in [5, 5.41) is 4.90. The molecule has 0 unspecified atom stereocenters. The van der Waals surface area contributed by atoms with Gasteiger partial charge in [0.25, 0.3) is 0 Å². The van der Waals surface area contributed by atoms with E-state index in [0.717, 1.165) is 0 Å². The van der Waals surface area contributed by atoms with Crippen molar-refractivity contribution in [2.24, 2.45) is 5.14 Å². The van der Waals surface area contributed by atoms with E-state index in [0.29, 0.717) is 5.82 Å². The molecule has 0 amide bonds. The maximum atomic E-state index is 10.8. The van der Waals surface area contributed by atoms with E-state index in [2.05, 4.69) is 4.98 Å². The van der Waals surface area contributed by atoms with Gasteiger partial charge in [0, 0.05) is 20.3 Å². The lowest BCUT2D eigenvalue weighted by Gasteiger charge is -2.10. The molecular weight excluding hydrogens is 190 g/mol. The zero-order valence-electron chi connectivity index (χ0n) is 7.43. The van der Waals surface area contributed by atoms with Crippen LogP contribution in [0.1, 0.15) is 0 Å². The van der Waals surface area contributed by atoms with Crippen LogP contribution in [0.25, 0.3) is 0 Å². The summed E-state index contributed by atoms with van der Waals surface area (Å²) in [5.41, 5.74) is 0. The van der Waals surface area contributed by atoms with Gasteiger partial charge < -0.3 is 4.90 Å². The van der Waals surface area contributed by atoms with Crippen LogP contribution < -0.4 is 10.0 Å². The maximum Gasteiger partial charge on any atom is 0.239 e. The molecule has 1 aromatic rings. The summed E-state index contributed by atoms with van der Waals surface area (Å²) in [6, 6.07) is 3.03. The van der Waals surface area contributed by atoms with Crippen LogP contribution in [0.3, 0.4) is 0 Å². The quantitative estimate of drug-likeness (QED) is 0.718. The predicted molar refractivity (Wildman–Crippen MR) is 49.9 cm³/mol. The molecule has 0 radical (unpaired) electrons. The zero-order chi connectivity index (χ0) is 10.1. The number of nitrogens with two attached hydrogens (primary N) is 1. The summed E-state index contributed by atoms with van der Waals surface area (Å²) in [5.74, 6) is 0.687. The van der Waals surface area contributed by atoms with Crippen LogP contribution in [-0.2, 0) is 10.0 Å². The second kappa shape index (κ2) is 3.31. The van der Waals surface area contributed by atoms with Crippen molar-refractivity contribution < 1.29 is 8.42 Å². The lowest BCUT2D eigenvalue weighted by Crippen LogP contribution is -2.14. The third kappa shape index (κ3) is 2.40. The summed E-state index contributed by atoms with van der Waals surface area (Å²) in [6.45, 7) is 0. The lowest BCUT2D eigenvalue weighted by atomic mass is 10.4. The van der Waals surface area contributed by atoms with Gasteiger partial charge in [-0.25, -0.2) is 18.5 Å². The molecule has 0 aliphatic carbocycles. The number of hydrogen-bond donors (Lipinski definition) is 1. The van der Waals surface area contributed by atoms with Gasteiger partial charge in [-0.1, -0.05) is 0 Å². The Morgan fingerprint density at radius 3 is 2.31 bits per heavy atom. The SMILES string of the molecule is CN(C)c1ccc(S(N)(=O)=O)cn1. The average Bonchev–Trinajstić information content (AvgIpc) is 2.03. The van der Waals surface area contributed by atoms with E-state index in [1.165, 1.54) is 12.3 Å². The molecule has 0 spiro atoms. The molecule has 13 heavy (non-hydrogen) atoms. The average molecular weight is 201 g/mol. The summed E-state index contributed by atoms with van der Waals surface area (Å²) in [6.07, 6.45) is 1.24. The van der Waals surface area contributed by atoms with Crippen LogP contribution in [0, 0.1) is 0 Å². The van der Waals surface area contributed by atoms with Crippen LogP contribution in [0.4, 0.5) is 5.82 Å². The molecule has 0 saturated heterocycles. The molecule has 0 aliphatic rings. The molecule has 6 heteroatoms. The van der Waals surface area contributed by atoms with E-state index in [1.54, 1.807) is 11.0 Å². The van der Waals surface area contributed by atoms with Gasteiger partial charge in [0.2, 0.25) is 10.0 Å². The third-order valence-corrected chi connectivity index (χ3v) is 2.41. The number of aromatic nitrogens is 1. The first-order chi connectivity index (χ1) is 5.91. The summed E-state index contributed by atoms with van der Waals surface area (Å²) < 4.78 is 21.7. The molecule has 0 bridgehead atoms. The van der Waals surface area contributed by atoms with Gasteiger partial charge in [0.05, 0.1) is 0 Å². The highest BCUT2D eigenvalue weighted by Crippen LogP contribution is 2.10. The molecular formula is C7H11N3O2S. The molecule has 0 aromatic carbocycles. The van der Waals surface area contributed by atoms with Crippen molar-refractivity contribution in [2.45, 2.75) is 4.90 Å². The number of sulfonamides is 1. The Kier molecular flexibility index (Phi) is 2.53. The smallest absolute Gasteiger partial charge is 0.239 e. The van der Waals surface area contributed by atoms with Gasteiger partial charge in [0.15, 0.2) is 0 Å². The van der Waals surface area contributed by atoms with Crippen molar-refractivity contribution in [2.75, 3.05) is 19.0 Å². The van der Waals surface area contributed by atoms with Gasteiger partial charge in [-0.05, 0) is 12.1 Å². The largest absolute Gasteiger partial charge is 0.363 e. The van der Waals surface area contributed by atoms with Gasteiger partial charge in [-0.3, -0.25) is 0 Å². The normalized spacial score (nSPS) is 11.3. The molecule has 0 aliphatic heterocycles. The fourth-order valence-corrected chi connectivity index (χ4v) is 1.26. The van der Waals surface area contributed by atoms with Crippen molar-refractivity contribution in [3.8, 4) is 0 Å². The first-order valence-electron chi connectivity index (χ1n) is 3.57. The third-order valence-electron chi connectivity index (χ3n) is 1.51. The van der Waals surface area contributed by atoms with Crippen molar-refractivity contribution in [1.82, 2.24) is 4.98 Å². The van der Waals surface area contributed by atoms with Gasteiger partial charge in [-0.2, -0.15) is 0 Å². The van der Waals surface area contributed by atoms with Crippen LogP contribution in [0.5, 0.6) is 0 Å². The molecule has 0 atom stereocenters. The van der Waals surface area contributed by atoms with Crippen LogP contribution in [-0.4, -0.2) is 27.5 Å². The van der Waals surface area contributed by atoms with Crippen LogP contribution in [0.2, 0.25) is 0 Å². The molecule has 1 rings (SSSR count). The van der Waals surface area contributed by atoms with Gasteiger partial charge in [0.1, 0.15) is 10.7 Å². The molecule has 2 N–H and O–H groups in total. The minimum absolute atomic E-state index is 0.0260. The Morgan fingerprint density at radius 2 is 2.00 bits per heavy atom. The Morgan fingerprint density at radius 1 is 1.38 bits per heavy atom. The number of nitrogens with zero attached hydrogens (tertiary/aromatic N) is 2. The molecule has 1 heterocycles. The highest BCUT2D eigenvalue weighted by atomic mass is 32.2. The monoisotopic (exact) mass is 201 g/mol. The summed E-state index contributed by atoms with van der Waals surface area (Å²) >= 11 is 0. The number of primary sulfonamides is 1. The number of rotatable bonds is 2. The highest BCUT2D eigenvalue weighted by molar-refractivity contribution is 7.89. The van der Waals surface area contributed by atoms with Crippen molar-refractivity contribution >= 4 is 15.8 Å². The summed E-state index contributed by atoms with van der Waals surface area (Å²) in [7, 11) is 0.0105. The van der Waals surface area contributed by atoms with Crippen LogP contribution in [0.15, 0.2) is 23.2 Å². The number of hydrogen-bond acceptors (Lipinski definition) is 4. The first-order valence-corrected chi connectivity index (χ1v) is 5.12. The molecule has 72 valence electrons. The molecule has 5 nitrogen and oxygen atoms in total. The Hall–Kier alpha value is -1.14. The van der Waals surface area contributed by atoms with E-state index < -0.39 is 10.0 Å². The van der Waals surface area contributed by atoms with Crippen molar-refractivity contribution in [3.05, 3.63) is 18.3 Å². The second-order valence-electron chi connectivity index (χ2n) is 2.79. The van der Waals surface area contributed by atoms with E-state index in [1.807, 2.05) is 14.1 Å².